The van der Waals surface area contributed by atoms with Crippen LogP contribution in [0.4, 0.5) is 0 Å². The highest BCUT2D eigenvalue weighted by molar-refractivity contribution is 5.69. The molecule has 1 aromatic rings. The van der Waals surface area contributed by atoms with E-state index in [0.29, 0.717) is 6.42 Å². The standard InChI is InChI=1S/C12H15NO4/c1-17-12(14)8-7-11(13(15)16)9-10-5-3-2-4-6-10/h2-6,11H,7-9H2,1H3. The third-order valence-electron chi connectivity index (χ3n) is 2.52. The van der Waals surface area contributed by atoms with Gasteiger partial charge in [0.2, 0.25) is 6.04 Å². The van der Waals surface area contributed by atoms with E-state index in [1.165, 1.54) is 7.11 Å². The third kappa shape index (κ3) is 4.63. The van der Waals surface area contributed by atoms with Crippen molar-refractivity contribution in [1.29, 1.82) is 0 Å². The first kappa shape index (κ1) is 13.2. The Bertz CT molecular complexity index is 377. The molecule has 0 aliphatic carbocycles. The summed E-state index contributed by atoms with van der Waals surface area (Å²) in [4.78, 5) is 21.5. The van der Waals surface area contributed by atoms with Gasteiger partial charge in [0, 0.05) is 17.8 Å². The first-order valence-corrected chi connectivity index (χ1v) is 5.37. The minimum atomic E-state index is -0.739. The van der Waals surface area contributed by atoms with Crippen molar-refractivity contribution < 1.29 is 14.5 Å². The zero-order valence-electron chi connectivity index (χ0n) is 9.67. The van der Waals surface area contributed by atoms with Gasteiger partial charge in [-0.25, -0.2) is 0 Å². The molecule has 1 aromatic carbocycles. The second kappa shape index (κ2) is 6.62. The summed E-state index contributed by atoms with van der Waals surface area (Å²) in [5.41, 5.74) is 0.902. The summed E-state index contributed by atoms with van der Waals surface area (Å²) >= 11 is 0. The van der Waals surface area contributed by atoms with E-state index in [1.807, 2.05) is 30.3 Å². The fourth-order valence-electron chi connectivity index (χ4n) is 1.55. The predicted octanol–water partition coefficient (Wildman–Crippen LogP) is 1.83. The number of hydrogen-bond donors (Lipinski definition) is 0. The average Bonchev–Trinajstić information content (AvgIpc) is 2.34. The fraction of sp³-hybridized carbons (Fsp3) is 0.417. The van der Waals surface area contributed by atoms with Crippen molar-refractivity contribution in [2.24, 2.45) is 0 Å². The minimum Gasteiger partial charge on any atom is -0.469 e. The van der Waals surface area contributed by atoms with Gasteiger partial charge in [-0.1, -0.05) is 30.3 Å². The zero-order valence-corrected chi connectivity index (χ0v) is 9.67. The highest BCUT2D eigenvalue weighted by Gasteiger charge is 2.21. The molecular formula is C12H15NO4. The topological polar surface area (TPSA) is 69.4 Å². The van der Waals surface area contributed by atoms with E-state index in [4.69, 9.17) is 0 Å². The van der Waals surface area contributed by atoms with Crippen LogP contribution < -0.4 is 0 Å². The molecule has 0 heterocycles. The number of ether oxygens (including phenoxy) is 1. The molecule has 0 aliphatic heterocycles. The molecule has 0 saturated carbocycles. The Morgan fingerprint density at radius 2 is 2.06 bits per heavy atom. The monoisotopic (exact) mass is 237 g/mol. The van der Waals surface area contributed by atoms with Gasteiger partial charge in [-0.15, -0.1) is 0 Å². The van der Waals surface area contributed by atoms with Gasteiger partial charge in [-0.3, -0.25) is 14.9 Å². The van der Waals surface area contributed by atoms with Crippen molar-refractivity contribution in [2.45, 2.75) is 25.3 Å². The summed E-state index contributed by atoms with van der Waals surface area (Å²) in [6, 6.07) is 8.48. The zero-order chi connectivity index (χ0) is 12.7. The van der Waals surface area contributed by atoms with Gasteiger partial charge >= 0.3 is 5.97 Å². The number of esters is 1. The van der Waals surface area contributed by atoms with Crippen molar-refractivity contribution in [3.8, 4) is 0 Å². The minimum absolute atomic E-state index is 0.0784. The molecule has 0 amide bonds. The van der Waals surface area contributed by atoms with Crippen LogP contribution in [0.3, 0.4) is 0 Å². The molecule has 0 bridgehead atoms. The number of nitrogens with zero attached hydrogens (tertiary/aromatic N) is 1. The first-order valence-electron chi connectivity index (χ1n) is 5.37. The maximum atomic E-state index is 10.9. The maximum Gasteiger partial charge on any atom is 0.305 e. The van der Waals surface area contributed by atoms with Crippen LogP contribution in [0, 0.1) is 10.1 Å². The van der Waals surface area contributed by atoms with Gasteiger partial charge in [-0.2, -0.15) is 0 Å². The van der Waals surface area contributed by atoms with Crippen LogP contribution in [-0.4, -0.2) is 24.0 Å². The van der Waals surface area contributed by atoms with Gasteiger partial charge in [0.05, 0.1) is 13.5 Å². The molecule has 17 heavy (non-hydrogen) atoms. The Balaban J connectivity index is 2.55. The number of carbonyl (C=O) groups excluding carboxylic acids is 1. The lowest BCUT2D eigenvalue weighted by Crippen LogP contribution is -2.23. The number of hydrogen-bond acceptors (Lipinski definition) is 4. The SMILES string of the molecule is COC(=O)CCC(Cc1ccccc1)[N+](=O)[O-]. The fourth-order valence-corrected chi connectivity index (χ4v) is 1.55. The number of rotatable bonds is 6. The van der Waals surface area contributed by atoms with Gasteiger partial charge in [0.25, 0.3) is 0 Å². The lowest BCUT2D eigenvalue weighted by molar-refractivity contribution is -0.522. The first-order chi connectivity index (χ1) is 8.13. The van der Waals surface area contributed by atoms with Crippen molar-refractivity contribution >= 4 is 5.97 Å². The van der Waals surface area contributed by atoms with Crippen LogP contribution in [0.1, 0.15) is 18.4 Å². The predicted molar refractivity (Wildman–Crippen MR) is 62.2 cm³/mol. The highest BCUT2D eigenvalue weighted by Crippen LogP contribution is 2.10. The third-order valence-corrected chi connectivity index (χ3v) is 2.52. The summed E-state index contributed by atoms with van der Waals surface area (Å²) < 4.78 is 4.47. The van der Waals surface area contributed by atoms with E-state index in [-0.39, 0.29) is 17.8 Å². The van der Waals surface area contributed by atoms with Crippen LogP contribution in [0.5, 0.6) is 0 Å². The van der Waals surface area contributed by atoms with Crippen LogP contribution >= 0.6 is 0 Å². The van der Waals surface area contributed by atoms with E-state index in [9.17, 15) is 14.9 Å². The molecule has 0 N–H and O–H groups in total. The lowest BCUT2D eigenvalue weighted by atomic mass is 10.0. The van der Waals surface area contributed by atoms with Crippen LogP contribution in [0.25, 0.3) is 0 Å². The largest absolute Gasteiger partial charge is 0.469 e. The summed E-state index contributed by atoms with van der Waals surface area (Å²) in [6.07, 6.45) is 0.619. The molecule has 0 spiro atoms. The number of methoxy groups -OCH3 is 1. The van der Waals surface area contributed by atoms with Crippen molar-refractivity contribution in [2.75, 3.05) is 7.11 Å². The van der Waals surface area contributed by atoms with Crippen LogP contribution in [0.15, 0.2) is 30.3 Å². The Labute approximate surface area is 99.5 Å². The number of benzene rings is 1. The number of nitro groups is 1. The molecule has 0 radical (unpaired) electrons. The molecule has 0 aliphatic rings. The second-order valence-corrected chi connectivity index (χ2v) is 3.74. The average molecular weight is 237 g/mol. The number of carbonyl (C=O) groups is 1. The molecule has 92 valence electrons. The highest BCUT2D eigenvalue weighted by atomic mass is 16.6. The maximum absolute atomic E-state index is 10.9. The smallest absolute Gasteiger partial charge is 0.305 e. The molecule has 0 saturated heterocycles. The Morgan fingerprint density at radius 3 is 2.59 bits per heavy atom. The molecule has 1 unspecified atom stereocenters. The summed E-state index contributed by atoms with van der Waals surface area (Å²) in [5.74, 6) is -0.412. The van der Waals surface area contributed by atoms with E-state index in [2.05, 4.69) is 4.74 Å². The summed E-state index contributed by atoms with van der Waals surface area (Å²) in [6.45, 7) is 0. The van der Waals surface area contributed by atoms with Crippen molar-refractivity contribution in [3.63, 3.8) is 0 Å². The summed E-state index contributed by atoms with van der Waals surface area (Å²) in [5, 5.41) is 10.9. The molecule has 5 heteroatoms. The van der Waals surface area contributed by atoms with E-state index < -0.39 is 12.0 Å². The summed E-state index contributed by atoms with van der Waals surface area (Å²) in [7, 11) is 1.28. The van der Waals surface area contributed by atoms with Crippen molar-refractivity contribution in [1.82, 2.24) is 0 Å². The van der Waals surface area contributed by atoms with Gasteiger partial charge in [0.15, 0.2) is 0 Å². The molecule has 0 fully saturated rings. The molecule has 1 atom stereocenters. The Hall–Kier alpha value is -1.91. The van der Waals surface area contributed by atoms with Crippen LogP contribution in [0.2, 0.25) is 0 Å². The second-order valence-electron chi connectivity index (χ2n) is 3.74. The quantitative estimate of drug-likeness (QED) is 0.430. The molecule has 1 rings (SSSR count). The Kier molecular flexibility index (Phi) is 5.13. The van der Waals surface area contributed by atoms with Crippen molar-refractivity contribution in [3.05, 3.63) is 46.0 Å². The van der Waals surface area contributed by atoms with E-state index >= 15 is 0 Å². The van der Waals surface area contributed by atoms with Gasteiger partial charge < -0.3 is 4.74 Å². The van der Waals surface area contributed by atoms with E-state index in [0.717, 1.165) is 5.56 Å². The van der Waals surface area contributed by atoms with Gasteiger partial charge in [-0.05, 0) is 5.56 Å². The Morgan fingerprint density at radius 1 is 1.41 bits per heavy atom. The normalized spacial score (nSPS) is 11.8. The van der Waals surface area contributed by atoms with E-state index in [1.54, 1.807) is 0 Å². The molecule has 5 nitrogen and oxygen atoms in total. The molecule has 0 aromatic heterocycles. The lowest BCUT2D eigenvalue weighted by Gasteiger charge is -2.08. The van der Waals surface area contributed by atoms with Gasteiger partial charge in [0.1, 0.15) is 0 Å². The van der Waals surface area contributed by atoms with Crippen LogP contribution in [-0.2, 0) is 16.0 Å². The molecular weight excluding hydrogens is 222 g/mol.